The lowest BCUT2D eigenvalue weighted by Crippen LogP contribution is -1.95. The van der Waals surface area contributed by atoms with Gasteiger partial charge in [0.1, 0.15) is 17.4 Å². The first kappa shape index (κ1) is 17.7. The fraction of sp³-hybridized carbons (Fsp3) is 0.0455. The van der Waals surface area contributed by atoms with E-state index in [1.807, 2.05) is 42.5 Å². The predicted octanol–water partition coefficient (Wildman–Crippen LogP) is 6.01. The van der Waals surface area contributed by atoms with E-state index in [1.165, 1.54) is 12.1 Å². The molecule has 0 aliphatic heterocycles. The van der Waals surface area contributed by atoms with Crippen LogP contribution in [0.1, 0.15) is 0 Å². The Bertz CT molecular complexity index is 1110. The molecule has 0 bridgehead atoms. The summed E-state index contributed by atoms with van der Waals surface area (Å²) in [6.07, 6.45) is 1.65. The van der Waals surface area contributed by atoms with E-state index >= 15 is 0 Å². The summed E-state index contributed by atoms with van der Waals surface area (Å²) in [5.74, 6) is -0.478. The van der Waals surface area contributed by atoms with Gasteiger partial charge in [0.25, 0.3) is 0 Å². The molecule has 1 heterocycles. The van der Waals surface area contributed by atoms with E-state index in [0.717, 1.165) is 34.1 Å². The van der Waals surface area contributed by atoms with Gasteiger partial charge >= 0.3 is 0 Å². The first-order valence-electron chi connectivity index (χ1n) is 8.64. The lowest BCUT2D eigenvalue weighted by molar-refractivity contribution is 0.415. The smallest absolute Gasteiger partial charge is 0.128 e. The number of aromatic nitrogens is 1. The highest BCUT2D eigenvalue weighted by molar-refractivity contribution is 5.94. The summed E-state index contributed by atoms with van der Waals surface area (Å²) in [5, 5.41) is 7.21. The molecule has 0 aliphatic rings. The molecule has 2 N–H and O–H groups in total. The first-order chi connectivity index (χ1) is 13.6. The van der Waals surface area contributed by atoms with Gasteiger partial charge in [0.15, 0.2) is 0 Å². The molecule has 0 spiro atoms. The van der Waals surface area contributed by atoms with Crippen LogP contribution in [0.15, 0.2) is 72.9 Å². The van der Waals surface area contributed by atoms with Crippen molar-refractivity contribution in [3.8, 4) is 5.75 Å². The molecule has 4 aromatic rings. The maximum absolute atomic E-state index is 13.4. The van der Waals surface area contributed by atoms with Crippen molar-refractivity contribution in [2.75, 3.05) is 17.7 Å². The van der Waals surface area contributed by atoms with E-state index in [2.05, 4.69) is 15.6 Å². The number of rotatable bonds is 5. The Hall–Kier alpha value is -3.67. The highest BCUT2D eigenvalue weighted by Crippen LogP contribution is 2.29. The van der Waals surface area contributed by atoms with Gasteiger partial charge in [-0.25, -0.2) is 8.78 Å². The van der Waals surface area contributed by atoms with E-state index in [0.29, 0.717) is 11.4 Å². The molecular formula is C22H17F2N3O. The fourth-order valence-corrected chi connectivity index (χ4v) is 2.96. The number of hydrogen-bond acceptors (Lipinski definition) is 4. The summed E-state index contributed by atoms with van der Waals surface area (Å²) in [6, 6.07) is 18.4. The quantitative estimate of drug-likeness (QED) is 0.447. The summed E-state index contributed by atoms with van der Waals surface area (Å²) >= 11 is 0. The zero-order valence-electron chi connectivity index (χ0n) is 15.0. The lowest BCUT2D eigenvalue weighted by Gasteiger charge is -2.12. The highest BCUT2D eigenvalue weighted by Gasteiger charge is 2.06. The number of methoxy groups -OCH3 is 1. The van der Waals surface area contributed by atoms with E-state index < -0.39 is 11.6 Å². The van der Waals surface area contributed by atoms with E-state index in [4.69, 9.17) is 4.74 Å². The molecule has 3 aromatic carbocycles. The number of anilines is 4. The van der Waals surface area contributed by atoms with Gasteiger partial charge in [0, 0.05) is 40.4 Å². The van der Waals surface area contributed by atoms with Crippen LogP contribution in [0.25, 0.3) is 10.9 Å². The molecule has 140 valence electrons. The van der Waals surface area contributed by atoms with Crippen molar-refractivity contribution in [2.45, 2.75) is 0 Å². The molecule has 4 nitrogen and oxygen atoms in total. The minimum atomic E-state index is -0.633. The van der Waals surface area contributed by atoms with Gasteiger partial charge in [-0.05, 0) is 60.7 Å². The Morgan fingerprint density at radius 2 is 1.46 bits per heavy atom. The third kappa shape index (κ3) is 3.86. The van der Waals surface area contributed by atoms with Crippen molar-refractivity contribution in [1.29, 1.82) is 0 Å². The zero-order valence-corrected chi connectivity index (χ0v) is 15.0. The average Bonchev–Trinajstić information content (AvgIpc) is 2.68. The topological polar surface area (TPSA) is 46.2 Å². The van der Waals surface area contributed by atoms with Gasteiger partial charge < -0.3 is 15.4 Å². The van der Waals surface area contributed by atoms with Crippen LogP contribution in [-0.2, 0) is 0 Å². The fourth-order valence-electron chi connectivity index (χ4n) is 2.96. The Balaban J connectivity index is 1.61. The monoisotopic (exact) mass is 377 g/mol. The molecule has 0 radical (unpaired) electrons. The standard InChI is InChI=1S/C22H17F2N3O/c1-28-19-5-2-16(3-6-19)26-17-4-7-20-21(8-9-25-22(20)13-17)27-18-11-14(23)10-15(24)12-18/h2-13,26H,1H3,(H,25,27). The van der Waals surface area contributed by atoms with Crippen LogP contribution in [0.4, 0.5) is 31.5 Å². The number of fused-ring (bicyclic) bond motifs is 1. The van der Waals surface area contributed by atoms with Crippen LogP contribution in [-0.4, -0.2) is 12.1 Å². The van der Waals surface area contributed by atoms with Crippen molar-refractivity contribution >= 4 is 33.7 Å². The number of hydrogen-bond donors (Lipinski definition) is 2. The Kier molecular flexibility index (Phi) is 4.76. The molecule has 4 rings (SSSR count). The Labute approximate surface area is 160 Å². The second-order valence-electron chi connectivity index (χ2n) is 6.23. The van der Waals surface area contributed by atoms with Crippen LogP contribution < -0.4 is 15.4 Å². The molecule has 0 saturated carbocycles. The minimum Gasteiger partial charge on any atom is -0.497 e. The van der Waals surface area contributed by atoms with Crippen molar-refractivity contribution in [1.82, 2.24) is 4.98 Å². The molecule has 1 aromatic heterocycles. The molecule has 6 heteroatoms. The average molecular weight is 377 g/mol. The van der Waals surface area contributed by atoms with Crippen molar-refractivity contribution in [3.05, 3.63) is 84.6 Å². The second kappa shape index (κ2) is 7.52. The minimum absolute atomic E-state index is 0.338. The number of pyridine rings is 1. The summed E-state index contributed by atoms with van der Waals surface area (Å²) in [7, 11) is 1.63. The molecule has 28 heavy (non-hydrogen) atoms. The highest BCUT2D eigenvalue weighted by atomic mass is 19.1. The normalized spacial score (nSPS) is 10.7. The van der Waals surface area contributed by atoms with Crippen LogP contribution in [0.5, 0.6) is 5.75 Å². The third-order valence-electron chi connectivity index (χ3n) is 4.26. The van der Waals surface area contributed by atoms with Crippen LogP contribution in [0, 0.1) is 11.6 Å². The Morgan fingerprint density at radius 1 is 0.750 bits per heavy atom. The molecular weight excluding hydrogens is 360 g/mol. The third-order valence-corrected chi connectivity index (χ3v) is 4.26. The second-order valence-corrected chi connectivity index (χ2v) is 6.23. The zero-order chi connectivity index (χ0) is 19.5. The molecule has 0 amide bonds. The molecule has 0 atom stereocenters. The Morgan fingerprint density at radius 3 is 2.18 bits per heavy atom. The first-order valence-corrected chi connectivity index (χ1v) is 8.64. The summed E-state index contributed by atoms with van der Waals surface area (Å²) in [6.45, 7) is 0. The lowest BCUT2D eigenvalue weighted by atomic mass is 10.1. The summed E-state index contributed by atoms with van der Waals surface area (Å²) in [4.78, 5) is 4.40. The van der Waals surface area contributed by atoms with E-state index in [-0.39, 0.29) is 0 Å². The number of benzene rings is 3. The van der Waals surface area contributed by atoms with Gasteiger partial charge in [-0.1, -0.05) is 0 Å². The molecule has 0 aliphatic carbocycles. The maximum Gasteiger partial charge on any atom is 0.128 e. The predicted molar refractivity (Wildman–Crippen MR) is 108 cm³/mol. The van der Waals surface area contributed by atoms with Crippen LogP contribution in [0.2, 0.25) is 0 Å². The van der Waals surface area contributed by atoms with Gasteiger partial charge in [0.05, 0.1) is 12.6 Å². The molecule has 0 unspecified atom stereocenters. The SMILES string of the molecule is COc1ccc(Nc2ccc3c(Nc4cc(F)cc(F)c4)ccnc3c2)cc1. The van der Waals surface area contributed by atoms with Gasteiger partial charge in [0.2, 0.25) is 0 Å². The van der Waals surface area contributed by atoms with Crippen LogP contribution >= 0.6 is 0 Å². The van der Waals surface area contributed by atoms with Crippen molar-refractivity contribution in [2.24, 2.45) is 0 Å². The van der Waals surface area contributed by atoms with Gasteiger partial charge in [-0.15, -0.1) is 0 Å². The van der Waals surface area contributed by atoms with E-state index in [9.17, 15) is 8.78 Å². The van der Waals surface area contributed by atoms with E-state index in [1.54, 1.807) is 19.4 Å². The molecule has 0 saturated heterocycles. The van der Waals surface area contributed by atoms with Crippen molar-refractivity contribution < 1.29 is 13.5 Å². The summed E-state index contributed by atoms with van der Waals surface area (Å²) < 4.78 is 32.0. The van der Waals surface area contributed by atoms with Crippen LogP contribution in [0.3, 0.4) is 0 Å². The number of nitrogens with zero attached hydrogens (tertiary/aromatic N) is 1. The number of halogens is 2. The van der Waals surface area contributed by atoms with Gasteiger partial charge in [-0.2, -0.15) is 0 Å². The maximum atomic E-state index is 13.4. The van der Waals surface area contributed by atoms with Gasteiger partial charge in [-0.3, -0.25) is 4.98 Å². The van der Waals surface area contributed by atoms with Crippen molar-refractivity contribution in [3.63, 3.8) is 0 Å². The molecule has 0 fully saturated rings. The number of nitrogens with one attached hydrogen (secondary N) is 2. The largest absolute Gasteiger partial charge is 0.497 e. The number of ether oxygens (including phenoxy) is 1. The summed E-state index contributed by atoms with van der Waals surface area (Å²) in [5.41, 5.74) is 3.60.